The van der Waals surface area contributed by atoms with Crippen LogP contribution in [0.5, 0.6) is 5.75 Å². The Morgan fingerprint density at radius 3 is 2.68 bits per heavy atom. The number of amides is 2. The van der Waals surface area contributed by atoms with Gasteiger partial charge in [-0.15, -0.1) is 11.8 Å². The van der Waals surface area contributed by atoms with Gasteiger partial charge < -0.3 is 14.6 Å². The van der Waals surface area contributed by atoms with E-state index < -0.39 is 5.97 Å². The molecule has 1 heterocycles. The number of urea groups is 1. The van der Waals surface area contributed by atoms with E-state index in [1.807, 2.05) is 24.3 Å². The number of thioether (sulfide) groups is 1. The summed E-state index contributed by atoms with van der Waals surface area (Å²) in [5, 5.41) is 12.1. The van der Waals surface area contributed by atoms with Crippen molar-refractivity contribution < 1.29 is 24.2 Å². The van der Waals surface area contributed by atoms with Crippen LogP contribution in [-0.2, 0) is 9.53 Å². The van der Waals surface area contributed by atoms with Crippen molar-refractivity contribution in [2.75, 3.05) is 42.8 Å². The van der Waals surface area contributed by atoms with Gasteiger partial charge in [0.15, 0.2) is 5.13 Å². The first-order valence-electron chi connectivity index (χ1n) is 10.2. The number of hydrogen-bond donors (Lipinski definition) is 2. The van der Waals surface area contributed by atoms with Gasteiger partial charge in [-0.1, -0.05) is 24.2 Å². The van der Waals surface area contributed by atoms with Crippen molar-refractivity contribution in [2.24, 2.45) is 5.92 Å². The number of nitrogens with one attached hydrogen (secondary N) is 1. The van der Waals surface area contributed by atoms with Gasteiger partial charge >= 0.3 is 12.0 Å². The van der Waals surface area contributed by atoms with Crippen LogP contribution in [0, 0.1) is 5.92 Å². The number of ether oxygens (including phenoxy) is 2. The molecule has 1 aliphatic rings. The predicted molar refractivity (Wildman–Crippen MR) is 123 cm³/mol. The monoisotopic (exact) mass is 465 g/mol. The number of carboxylic acids is 1. The van der Waals surface area contributed by atoms with E-state index in [-0.39, 0.29) is 11.8 Å². The van der Waals surface area contributed by atoms with Crippen LogP contribution in [0.25, 0.3) is 0 Å². The number of aliphatic carboxylic acids is 1. The van der Waals surface area contributed by atoms with Crippen LogP contribution < -0.4 is 15.0 Å². The summed E-state index contributed by atoms with van der Waals surface area (Å²) in [6, 6.07) is 7.22. The molecule has 0 saturated heterocycles. The van der Waals surface area contributed by atoms with E-state index in [2.05, 4.69) is 10.3 Å². The van der Waals surface area contributed by atoms with Crippen molar-refractivity contribution in [2.45, 2.75) is 29.9 Å². The number of hydrogen-bond acceptors (Lipinski definition) is 7. The molecule has 3 rings (SSSR count). The van der Waals surface area contributed by atoms with E-state index in [1.165, 1.54) is 35.9 Å². The molecular formula is C21H27N3O5S2. The Morgan fingerprint density at radius 1 is 1.26 bits per heavy atom. The molecule has 0 aliphatic heterocycles. The highest BCUT2D eigenvalue weighted by atomic mass is 32.2. The van der Waals surface area contributed by atoms with E-state index in [9.17, 15) is 9.59 Å². The molecule has 1 saturated carbocycles. The molecule has 1 aliphatic carbocycles. The number of benzene rings is 1. The summed E-state index contributed by atoms with van der Waals surface area (Å²) in [5.41, 5.74) is 0.792. The topological polar surface area (TPSA) is 101 Å². The van der Waals surface area contributed by atoms with Gasteiger partial charge in [-0.3, -0.25) is 15.0 Å². The lowest BCUT2D eigenvalue weighted by atomic mass is 10.1. The Labute approximate surface area is 189 Å². The largest absolute Gasteiger partial charge is 0.491 e. The number of carbonyl (C=O) groups is 2. The first-order chi connectivity index (χ1) is 15.0. The fraction of sp³-hybridized carbons (Fsp3) is 0.476. The zero-order valence-electron chi connectivity index (χ0n) is 17.4. The Hall–Kier alpha value is -2.30. The maximum Gasteiger partial charge on any atom is 0.328 e. The number of methoxy groups -OCH3 is 1. The second kappa shape index (κ2) is 11.9. The summed E-state index contributed by atoms with van der Waals surface area (Å²) >= 11 is 2.46. The molecule has 1 aromatic carbocycles. The molecule has 0 radical (unpaired) electrons. The normalized spacial score (nSPS) is 13.8. The van der Waals surface area contributed by atoms with Gasteiger partial charge in [0, 0.05) is 19.3 Å². The van der Waals surface area contributed by atoms with E-state index >= 15 is 0 Å². The van der Waals surface area contributed by atoms with Crippen molar-refractivity contribution in [1.82, 2.24) is 4.98 Å². The van der Waals surface area contributed by atoms with Gasteiger partial charge in [-0.2, -0.15) is 0 Å². The smallest absolute Gasteiger partial charge is 0.328 e. The van der Waals surface area contributed by atoms with E-state index in [0.717, 1.165) is 28.5 Å². The van der Waals surface area contributed by atoms with E-state index in [1.54, 1.807) is 18.2 Å². The summed E-state index contributed by atoms with van der Waals surface area (Å²) < 4.78 is 11.4. The molecule has 2 amide bonds. The van der Waals surface area contributed by atoms with Crippen LogP contribution in [0.4, 0.5) is 15.6 Å². The minimum absolute atomic E-state index is 0.0395. The quantitative estimate of drug-likeness (QED) is 0.370. The van der Waals surface area contributed by atoms with Crippen LogP contribution in [0.2, 0.25) is 0 Å². The highest BCUT2D eigenvalue weighted by molar-refractivity contribution is 8.01. The zero-order chi connectivity index (χ0) is 22.1. The first-order valence-corrected chi connectivity index (χ1v) is 12.0. The number of carbonyl (C=O) groups excluding carboxylic acids is 1. The van der Waals surface area contributed by atoms with Gasteiger partial charge in [0.05, 0.1) is 22.8 Å². The van der Waals surface area contributed by atoms with E-state index in [4.69, 9.17) is 14.6 Å². The third-order valence-corrected chi connectivity index (χ3v) is 6.99. The third-order valence-electron chi connectivity index (χ3n) is 4.90. The van der Waals surface area contributed by atoms with Crippen molar-refractivity contribution in [3.8, 4) is 5.75 Å². The van der Waals surface area contributed by atoms with Crippen LogP contribution in [0.15, 0.2) is 34.7 Å². The molecule has 31 heavy (non-hydrogen) atoms. The highest BCUT2D eigenvalue weighted by Gasteiger charge is 2.24. The number of anilines is 2. The molecule has 168 valence electrons. The average Bonchev–Trinajstić information content (AvgIpc) is 3.43. The molecule has 0 atom stereocenters. The molecule has 0 bridgehead atoms. The second-order valence-corrected chi connectivity index (χ2v) is 9.50. The minimum atomic E-state index is -0.888. The minimum Gasteiger partial charge on any atom is -0.491 e. The van der Waals surface area contributed by atoms with Crippen molar-refractivity contribution in [3.63, 3.8) is 0 Å². The fourth-order valence-electron chi connectivity index (χ4n) is 3.40. The second-order valence-electron chi connectivity index (χ2n) is 7.19. The maximum atomic E-state index is 13.1. The Morgan fingerprint density at radius 2 is 2.00 bits per heavy atom. The summed E-state index contributed by atoms with van der Waals surface area (Å²) in [4.78, 5) is 29.8. The maximum absolute atomic E-state index is 13.1. The lowest BCUT2D eigenvalue weighted by molar-refractivity contribution is -0.133. The molecule has 8 nitrogen and oxygen atoms in total. The van der Waals surface area contributed by atoms with Crippen molar-refractivity contribution in [3.05, 3.63) is 30.5 Å². The molecule has 1 aromatic heterocycles. The summed E-state index contributed by atoms with van der Waals surface area (Å²) in [6.07, 6.45) is 6.22. The van der Waals surface area contributed by atoms with Crippen LogP contribution >= 0.6 is 23.1 Å². The third kappa shape index (κ3) is 7.41. The molecule has 10 heteroatoms. The molecule has 0 spiro atoms. The van der Waals surface area contributed by atoms with Gasteiger partial charge in [0.1, 0.15) is 12.4 Å². The van der Waals surface area contributed by atoms with Crippen LogP contribution in [-0.4, -0.2) is 54.7 Å². The van der Waals surface area contributed by atoms with Gasteiger partial charge in [0.2, 0.25) is 0 Å². The Kier molecular flexibility index (Phi) is 8.98. The van der Waals surface area contributed by atoms with Gasteiger partial charge in [-0.25, -0.2) is 9.78 Å². The number of carboxylic acid groups (broad SMARTS) is 1. The number of thiazole rings is 1. The first kappa shape index (κ1) is 23.4. The summed E-state index contributed by atoms with van der Waals surface area (Å²) in [6.45, 7) is 1.62. The fourth-order valence-corrected chi connectivity index (χ4v) is 4.98. The average molecular weight is 466 g/mol. The van der Waals surface area contributed by atoms with Crippen molar-refractivity contribution in [1.29, 1.82) is 0 Å². The number of nitrogens with zero attached hydrogens (tertiary/aromatic N) is 2. The lowest BCUT2D eigenvalue weighted by Crippen LogP contribution is -2.38. The predicted octanol–water partition coefficient (Wildman–Crippen LogP) is 4.57. The van der Waals surface area contributed by atoms with Gasteiger partial charge in [-0.05, 0) is 43.0 Å². The molecular weight excluding hydrogens is 438 g/mol. The number of rotatable bonds is 11. The standard InChI is InChI=1S/C21H27N3O5S2/c1-28-10-11-29-17-8-6-16(7-9-17)24(13-15-4-2-3-5-15)21(27)23-20-22-12-19(31-20)30-14-18(25)26/h6-9,12,15H,2-5,10-11,13-14H2,1H3,(H,25,26)(H,22,23,27). The molecule has 2 N–H and O–H groups in total. The highest BCUT2D eigenvalue weighted by Crippen LogP contribution is 2.31. The summed E-state index contributed by atoms with van der Waals surface area (Å²) in [7, 11) is 1.63. The van der Waals surface area contributed by atoms with Gasteiger partial charge in [0.25, 0.3) is 0 Å². The van der Waals surface area contributed by atoms with E-state index in [0.29, 0.717) is 30.8 Å². The number of aromatic nitrogens is 1. The Balaban J connectivity index is 1.67. The van der Waals surface area contributed by atoms with Crippen molar-refractivity contribution >= 4 is 45.9 Å². The zero-order valence-corrected chi connectivity index (χ0v) is 19.0. The molecule has 1 fully saturated rings. The van der Waals surface area contributed by atoms with Crippen LogP contribution in [0.3, 0.4) is 0 Å². The SMILES string of the molecule is COCCOc1ccc(N(CC2CCCC2)C(=O)Nc2ncc(SCC(=O)O)s2)cc1. The molecule has 0 unspecified atom stereocenters. The lowest BCUT2D eigenvalue weighted by Gasteiger charge is -2.26. The Bertz CT molecular complexity index is 853. The van der Waals surface area contributed by atoms with Crippen LogP contribution in [0.1, 0.15) is 25.7 Å². The molecule has 2 aromatic rings. The summed E-state index contributed by atoms with van der Waals surface area (Å²) in [5.74, 6) is 0.270.